The number of carbonyl (C=O) groups excluding carboxylic acids is 2. The molecule has 2 amide bonds. The van der Waals surface area contributed by atoms with Crippen molar-refractivity contribution in [3.05, 3.63) is 47.4 Å². The van der Waals surface area contributed by atoms with Crippen molar-refractivity contribution in [2.45, 2.75) is 12.4 Å². The molecule has 8 nitrogen and oxygen atoms in total. The van der Waals surface area contributed by atoms with Gasteiger partial charge in [0.25, 0.3) is 0 Å². The number of urea groups is 1. The number of methoxy groups -OCH3 is 1. The molecule has 0 bridgehead atoms. The van der Waals surface area contributed by atoms with E-state index in [1.807, 2.05) is 0 Å². The topological polar surface area (TPSA) is 106 Å². The average molecular weight is 505 g/mol. The number of hydrogen-bond donors (Lipinski definition) is 2. The van der Waals surface area contributed by atoms with E-state index in [0.29, 0.717) is 11.3 Å². The van der Waals surface area contributed by atoms with E-state index in [2.05, 4.69) is 25.0 Å². The van der Waals surface area contributed by atoms with Crippen LogP contribution < -0.4 is 10.6 Å². The molecule has 0 aromatic carbocycles. The molecule has 0 saturated heterocycles. The number of hydrogen-bond acceptors (Lipinski definition) is 7. The lowest BCUT2D eigenvalue weighted by Gasteiger charge is -2.12. The number of thiazole rings is 1. The zero-order valence-electron chi connectivity index (χ0n) is 16.9. The summed E-state index contributed by atoms with van der Waals surface area (Å²) in [5.41, 5.74) is -0.584. The number of nitrogens with zero attached hydrogens (tertiary/aromatic N) is 3. The fourth-order valence-electron chi connectivity index (χ4n) is 2.62. The summed E-state index contributed by atoms with van der Waals surface area (Å²) in [7, 11) is 1.15. The van der Waals surface area contributed by atoms with Crippen LogP contribution in [0.25, 0.3) is 21.7 Å². The molecule has 0 atom stereocenters. The van der Waals surface area contributed by atoms with Crippen molar-refractivity contribution in [1.82, 2.24) is 20.3 Å². The molecule has 15 heteroatoms. The quantitative estimate of drug-likeness (QED) is 0.383. The molecular formula is C19H13F6N5O3S. The summed E-state index contributed by atoms with van der Waals surface area (Å²) in [4.78, 5) is 35.0. The van der Waals surface area contributed by atoms with Crippen LogP contribution in [0.5, 0.6) is 0 Å². The van der Waals surface area contributed by atoms with Crippen LogP contribution in [-0.4, -0.2) is 46.8 Å². The van der Waals surface area contributed by atoms with Gasteiger partial charge in [0, 0.05) is 40.7 Å². The predicted octanol–water partition coefficient (Wildman–Crippen LogP) is 4.76. The molecule has 180 valence electrons. The van der Waals surface area contributed by atoms with Crippen molar-refractivity contribution in [2.75, 3.05) is 19.0 Å². The first-order valence-corrected chi connectivity index (χ1v) is 9.94. The monoisotopic (exact) mass is 505 g/mol. The van der Waals surface area contributed by atoms with Crippen molar-refractivity contribution in [1.29, 1.82) is 0 Å². The predicted molar refractivity (Wildman–Crippen MR) is 108 cm³/mol. The second-order valence-electron chi connectivity index (χ2n) is 6.53. The van der Waals surface area contributed by atoms with Crippen molar-refractivity contribution in [2.24, 2.45) is 0 Å². The molecule has 0 aliphatic heterocycles. The molecule has 34 heavy (non-hydrogen) atoms. The van der Waals surface area contributed by atoms with Crippen LogP contribution in [0, 0.1) is 0 Å². The van der Waals surface area contributed by atoms with E-state index < -0.39 is 36.6 Å². The Balaban J connectivity index is 2.03. The maximum absolute atomic E-state index is 13.1. The highest BCUT2D eigenvalue weighted by molar-refractivity contribution is 7.13. The Morgan fingerprint density at radius 2 is 1.79 bits per heavy atom. The van der Waals surface area contributed by atoms with Crippen LogP contribution in [0.2, 0.25) is 0 Å². The number of rotatable bonds is 5. The Bertz CT molecular complexity index is 1210. The minimum atomic E-state index is -4.72. The van der Waals surface area contributed by atoms with E-state index in [1.165, 1.54) is 18.5 Å². The third kappa shape index (κ3) is 6.18. The third-order valence-electron chi connectivity index (χ3n) is 4.09. The highest BCUT2D eigenvalue weighted by Crippen LogP contribution is 2.38. The lowest BCUT2D eigenvalue weighted by molar-refractivity contribution is -0.140. The lowest BCUT2D eigenvalue weighted by atomic mass is 10.0. The van der Waals surface area contributed by atoms with E-state index in [9.17, 15) is 35.9 Å². The molecule has 3 aromatic heterocycles. The molecule has 0 radical (unpaired) electrons. The average Bonchev–Trinajstić information content (AvgIpc) is 3.28. The number of ether oxygens (including phenoxy) is 1. The van der Waals surface area contributed by atoms with Crippen LogP contribution in [0.1, 0.15) is 16.1 Å². The van der Waals surface area contributed by atoms with E-state index in [-0.39, 0.29) is 33.1 Å². The molecule has 3 aromatic rings. The molecule has 0 aliphatic rings. The molecule has 0 saturated carbocycles. The first-order valence-electron chi connectivity index (χ1n) is 9.06. The molecule has 0 fully saturated rings. The van der Waals surface area contributed by atoms with Crippen LogP contribution >= 0.6 is 11.3 Å². The van der Waals surface area contributed by atoms with Gasteiger partial charge in [0.15, 0.2) is 5.69 Å². The van der Waals surface area contributed by atoms with Gasteiger partial charge in [0.05, 0.1) is 12.7 Å². The molecule has 0 unspecified atom stereocenters. The summed E-state index contributed by atoms with van der Waals surface area (Å²) < 4.78 is 80.7. The number of aromatic nitrogens is 3. The van der Waals surface area contributed by atoms with Gasteiger partial charge in [-0.1, -0.05) is 0 Å². The van der Waals surface area contributed by atoms with E-state index >= 15 is 0 Å². The first-order chi connectivity index (χ1) is 15.9. The van der Waals surface area contributed by atoms with Crippen molar-refractivity contribution in [3.63, 3.8) is 0 Å². The Labute approximate surface area is 191 Å². The molecule has 0 aliphatic carbocycles. The van der Waals surface area contributed by atoms with Crippen LogP contribution in [0.15, 0.2) is 36.1 Å². The highest BCUT2D eigenvalue weighted by Gasteiger charge is 2.34. The number of nitrogens with one attached hydrogen (secondary N) is 2. The summed E-state index contributed by atoms with van der Waals surface area (Å²) in [5, 5.41) is 4.34. The molecule has 2 N–H and O–H groups in total. The highest BCUT2D eigenvalue weighted by atomic mass is 32.1. The zero-order valence-corrected chi connectivity index (χ0v) is 17.7. The number of halogens is 6. The number of esters is 1. The molecule has 3 heterocycles. The van der Waals surface area contributed by atoms with Crippen molar-refractivity contribution in [3.8, 4) is 21.7 Å². The Morgan fingerprint density at radius 3 is 2.41 bits per heavy atom. The Kier molecular flexibility index (Phi) is 7.04. The van der Waals surface area contributed by atoms with Gasteiger partial charge in [-0.05, 0) is 12.1 Å². The van der Waals surface area contributed by atoms with E-state index in [4.69, 9.17) is 0 Å². The van der Waals surface area contributed by atoms with Gasteiger partial charge in [-0.3, -0.25) is 10.3 Å². The number of alkyl halides is 6. The summed E-state index contributed by atoms with van der Waals surface area (Å²) >= 11 is 0.647. The van der Waals surface area contributed by atoms with Gasteiger partial charge in [-0.2, -0.15) is 26.3 Å². The summed E-state index contributed by atoms with van der Waals surface area (Å²) in [5.74, 6) is -0.962. The standard InChI is InChI=1S/C19H13F6N5O3S/c1-33-16(31)10-2-9(4-26-5-10)12-6-27-14(30-17(32)28-8-18(20,21)22)3-11(12)15-29-13(7-34-15)19(23,24)25/h2-7H,8H2,1H3,(H2,27,28,30,32). The normalized spacial score (nSPS) is 11.7. The Hall–Kier alpha value is -3.75. The number of carbonyl (C=O) groups is 2. The van der Waals surface area contributed by atoms with E-state index in [1.54, 1.807) is 5.32 Å². The van der Waals surface area contributed by atoms with Crippen molar-refractivity contribution < 1.29 is 40.7 Å². The molecular weight excluding hydrogens is 492 g/mol. The fourth-order valence-corrected chi connectivity index (χ4v) is 3.47. The third-order valence-corrected chi connectivity index (χ3v) is 4.97. The maximum Gasteiger partial charge on any atom is 0.434 e. The summed E-state index contributed by atoms with van der Waals surface area (Å²) in [6, 6.07) is 1.28. The number of amides is 2. The minimum Gasteiger partial charge on any atom is -0.465 e. The second-order valence-corrected chi connectivity index (χ2v) is 7.39. The van der Waals surface area contributed by atoms with Crippen LogP contribution in [0.4, 0.5) is 37.0 Å². The summed E-state index contributed by atoms with van der Waals surface area (Å²) in [6.45, 7) is -1.60. The Morgan fingerprint density at radius 1 is 1.06 bits per heavy atom. The zero-order chi connectivity index (χ0) is 25.1. The minimum absolute atomic E-state index is 0.0507. The van der Waals surface area contributed by atoms with Gasteiger partial charge in [-0.15, -0.1) is 11.3 Å². The lowest BCUT2D eigenvalue weighted by Crippen LogP contribution is -2.36. The van der Waals surface area contributed by atoms with E-state index in [0.717, 1.165) is 24.8 Å². The molecule has 0 spiro atoms. The second kappa shape index (κ2) is 9.62. The smallest absolute Gasteiger partial charge is 0.434 e. The van der Waals surface area contributed by atoms with Gasteiger partial charge in [-0.25, -0.2) is 19.6 Å². The van der Waals surface area contributed by atoms with Crippen molar-refractivity contribution >= 4 is 29.2 Å². The largest absolute Gasteiger partial charge is 0.465 e. The maximum atomic E-state index is 13.1. The van der Waals surface area contributed by atoms with Crippen LogP contribution in [-0.2, 0) is 10.9 Å². The first kappa shape index (κ1) is 24.9. The van der Waals surface area contributed by atoms with Gasteiger partial charge >= 0.3 is 24.4 Å². The van der Waals surface area contributed by atoms with Gasteiger partial charge < -0.3 is 10.1 Å². The van der Waals surface area contributed by atoms with Gasteiger partial charge in [0.1, 0.15) is 17.4 Å². The number of pyridine rings is 2. The fraction of sp³-hybridized carbons (Fsp3) is 0.211. The number of anilines is 1. The van der Waals surface area contributed by atoms with Crippen LogP contribution in [0.3, 0.4) is 0 Å². The summed E-state index contributed by atoms with van der Waals surface area (Å²) in [6.07, 6.45) is -5.68. The molecule has 3 rings (SSSR count). The van der Waals surface area contributed by atoms with Gasteiger partial charge in [0.2, 0.25) is 0 Å². The SMILES string of the molecule is COC(=O)c1cncc(-c2cnc(NC(=O)NCC(F)(F)F)cc2-c2nc(C(F)(F)F)cs2)c1.